The van der Waals surface area contributed by atoms with Gasteiger partial charge in [0.15, 0.2) is 0 Å². The molecule has 2 atom stereocenters. The summed E-state index contributed by atoms with van der Waals surface area (Å²) in [6.07, 6.45) is 5.96. The minimum absolute atomic E-state index is 0.0738. The maximum Gasteiger partial charge on any atom is 0.228 e. The van der Waals surface area contributed by atoms with Gasteiger partial charge in [-0.1, -0.05) is 6.07 Å². The molecule has 0 N–H and O–H groups in total. The van der Waals surface area contributed by atoms with E-state index in [0.29, 0.717) is 5.91 Å². The summed E-state index contributed by atoms with van der Waals surface area (Å²) < 4.78 is 2.26. The lowest BCUT2D eigenvalue weighted by atomic mass is 9.95. The summed E-state index contributed by atoms with van der Waals surface area (Å²) in [7, 11) is 0. The zero-order valence-electron chi connectivity index (χ0n) is 14.1. The van der Waals surface area contributed by atoms with E-state index in [1.165, 1.54) is 5.69 Å². The van der Waals surface area contributed by atoms with Gasteiger partial charge in [-0.05, 0) is 44.0 Å². The molecule has 5 nitrogen and oxygen atoms in total. The van der Waals surface area contributed by atoms with Crippen molar-refractivity contribution in [2.24, 2.45) is 5.92 Å². The van der Waals surface area contributed by atoms with Crippen molar-refractivity contribution in [1.29, 1.82) is 0 Å². The maximum absolute atomic E-state index is 13.1. The molecule has 2 aliphatic rings. The summed E-state index contributed by atoms with van der Waals surface area (Å²) in [6, 6.07) is 10.3. The van der Waals surface area contributed by atoms with Gasteiger partial charge < -0.3 is 14.4 Å². The number of carbonyl (C=O) groups excluding carboxylic acids is 1. The normalized spacial score (nSPS) is 23.9. The first-order valence-corrected chi connectivity index (χ1v) is 8.85. The van der Waals surface area contributed by atoms with Gasteiger partial charge in [-0.3, -0.25) is 4.79 Å². The van der Waals surface area contributed by atoms with Gasteiger partial charge in [0.25, 0.3) is 0 Å². The van der Waals surface area contributed by atoms with Crippen LogP contribution < -0.4 is 4.90 Å². The van der Waals surface area contributed by atoms with Crippen LogP contribution in [-0.4, -0.2) is 40.0 Å². The fourth-order valence-corrected chi connectivity index (χ4v) is 4.04. The van der Waals surface area contributed by atoms with Crippen LogP contribution in [0, 0.1) is 5.92 Å². The van der Waals surface area contributed by atoms with Crippen LogP contribution >= 0.6 is 0 Å². The van der Waals surface area contributed by atoms with E-state index in [1.807, 2.05) is 24.4 Å². The van der Waals surface area contributed by atoms with E-state index in [9.17, 15) is 4.79 Å². The van der Waals surface area contributed by atoms with Crippen LogP contribution in [0.5, 0.6) is 0 Å². The highest BCUT2D eigenvalue weighted by Crippen LogP contribution is 2.29. The quantitative estimate of drug-likeness (QED) is 0.853. The Morgan fingerprint density at radius 3 is 2.92 bits per heavy atom. The Morgan fingerprint density at radius 1 is 1.17 bits per heavy atom. The van der Waals surface area contributed by atoms with Gasteiger partial charge in [-0.2, -0.15) is 0 Å². The van der Waals surface area contributed by atoms with Crippen molar-refractivity contribution in [3.63, 3.8) is 0 Å². The lowest BCUT2D eigenvalue weighted by Gasteiger charge is -2.40. The third kappa shape index (κ3) is 2.68. The van der Waals surface area contributed by atoms with Crippen LogP contribution in [-0.2, 0) is 11.3 Å². The number of fused-ring (bicyclic) bond motifs is 1. The molecule has 0 saturated carbocycles. The molecule has 2 aromatic heterocycles. The topological polar surface area (TPSA) is 41.4 Å². The maximum atomic E-state index is 13.1. The van der Waals surface area contributed by atoms with Gasteiger partial charge in [0.05, 0.1) is 12.0 Å². The first-order chi connectivity index (χ1) is 11.7. The van der Waals surface area contributed by atoms with Gasteiger partial charge in [0.1, 0.15) is 5.82 Å². The van der Waals surface area contributed by atoms with E-state index in [2.05, 4.69) is 44.6 Å². The van der Waals surface area contributed by atoms with Gasteiger partial charge in [0, 0.05) is 44.3 Å². The summed E-state index contributed by atoms with van der Waals surface area (Å²) >= 11 is 0. The first-order valence-electron chi connectivity index (χ1n) is 8.85. The molecule has 1 fully saturated rings. The van der Waals surface area contributed by atoms with Crippen LogP contribution in [0.3, 0.4) is 0 Å². The Bertz CT molecular complexity index is 711. The van der Waals surface area contributed by atoms with Gasteiger partial charge in [-0.25, -0.2) is 4.98 Å². The average molecular weight is 324 g/mol. The number of nitrogens with zero attached hydrogens (tertiary/aromatic N) is 4. The van der Waals surface area contributed by atoms with Gasteiger partial charge >= 0.3 is 0 Å². The summed E-state index contributed by atoms with van der Waals surface area (Å²) in [5.74, 6) is 1.36. The van der Waals surface area contributed by atoms with E-state index < -0.39 is 0 Å². The summed E-state index contributed by atoms with van der Waals surface area (Å²) in [5, 5.41) is 0. The molecule has 24 heavy (non-hydrogen) atoms. The number of amides is 1. The number of pyridine rings is 1. The molecule has 2 aliphatic heterocycles. The van der Waals surface area contributed by atoms with Crippen molar-refractivity contribution >= 4 is 11.7 Å². The highest BCUT2D eigenvalue weighted by molar-refractivity contribution is 5.80. The van der Waals surface area contributed by atoms with Gasteiger partial charge in [-0.15, -0.1) is 0 Å². The Hall–Kier alpha value is -2.30. The Morgan fingerprint density at radius 2 is 2.08 bits per heavy atom. The highest BCUT2D eigenvalue weighted by atomic mass is 16.2. The number of rotatable bonds is 2. The molecule has 1 amide bonds. The molecule has 0 radical (unpaired) electrons. The van der Waals surface area contributed by atoms with Crippen molar-refractivity contribution in [1.82, 2.24) is 14.5 Å². The molecule has 4 rings (SSSR count). The molecule has 126 valence electrons. The smallest absolute Gasteiger partial charge is 0.228 e. The van der Waals surface area contributed by atoms with Crippen LogP contribution in [0.2, 0.25) is 0 Å². The van der Waals surface area contributed by atoms with E-state index in [1.54, 1.807) is 0 Å². The average Bonchev–Trinajstić information content (AvgIpc) is 3.12. The second-order valence-electron chi connectivity index (χ2n) is 6.81. The fourth-order valence-electron chi connectivity index (χ4n) is 4.04. The molecule has 2 unspecified atom stereocenters. The summed E-state index contributed by atoms with van der Waals surface area (Å²) in [6.45, 7) is 5.61. The first kappa shape index (κ1) is 15.2. The molecule has 0 aromatic carbocycles. The number of hydrogen-bond acceptors (Lipinski definition) is 3. The second-order valence-corrected chi connectivity index (χ2v) is 6.81. The lowest BCUT2D eigenvalue weighted by molar-refractivity contribution is -0.139. The van der Waals surface area contributed by atoms with E-state index >= 15 is 0 Å². The van der Waals surface area contributed by atoms with Crippen LogP contribution in [0.1, 0.15) is 31.5 Å². The molecular weight excluding hydrogens is 300 g/mol. The van der Waals surface area contributed by atoms with Crippen molar-refractivity contribution in [3.05, 3.63) is 48.4 Å². The van der Waals surface area contributed by atoms with Crippen molar-refractivity contribution < 1.29 is 4.79 Å². The third-order valence-electron chi connectivity index (χ3n) is 5.37. The van der Waals surface area contributed by atoms with Crippen molar-refractivity contribution in [3.8, 4) is 0 Å². The standard InChI is InChI=1S/C19H24N4O/c1-15-17-7-5-10-21(17)12-13-23(15)19(24)16-6-4-11-22(14-16)18-8-2-3-9-20-18/h2-3,5,7-10,15-16H,4,6,11-14H2,1H3. The highest BCUT2D eigenvalue weighted by Gasteiger charge is 2.34. The minimum Gasteiger partial charge on any atom is -0.356 e. The molecule has 5 heteroatoms. The molecule has 1 saturated heterocycles. The minimum atomic E-state index is 0.0738. The SMILES string of the molecule is CC1c2cccn2CCN1C(=O)C1CCCN(c2ccccn2)C1. The molecule has 0 spiro atoms. The van der Waals surface area contributed by atoms with Crippen LogP contribution in [0.25, 0.3) is 0 Å². The molecule has 0 bridgehead atoms. The predicted molar refractivity (Wildman–Crippen MR) is 93.7 cm³/mol. The van der Waals surface area contributed by atoms with E-state index in [4.69, 9.17) is 0 Å². The van der Waals surface area contributed by atoms with E-state index in [-0.39, 0.29) is 12.0 Å². The second kappa shape index (κ2) is 6.30. The molecular formula is C19H24N4O. The number of aromatic nitrogens is 2. The summed E-state index contributed by atoms with van der Waals surface area (Å²) in [4.78, 5) is 21.9. The van der Waals surface area contributed by atoms with Crippen LogP contribution in [0.4, 0.5) is 5.82 Å². The van der Waals surface area contributed by atoms with E-state index in [0.717, 1.165) is 44.8 Å². The number of carbonyl (C=O) groups is 1. The Labute approximate surface area is 142 Å². The third-order valence-corrected chi connectivity index (χ3v) is 5.37. The zero-order chi connectivity index (χ0) is 16.5. The molecule has 0 aliphatic carbocycles. The molecule has 4 heterocycles. The van der Waals surface area contributed by atoms with Crippen LogP contribution in [0.15, 0.2) is 42.7 Å². The van der Waals surface area contributed by atoms with Crippen molar-refractivity contribution in [2.75, 3.05) is 24.5 Å². The number of hydrogen-bond donors (Lipinski definition) is 0. The van der Waals surface area contributed by atoms with Crippen molar-refractivity contribution in [2.45, 2.75) is 32.4 Å². The van der Waals surface area contributed by atoms with Gasteiger partial charge in [0.2, 0.25) is 5.91 Å². The lowest BCUT2D eigenvalue weighted by Crippen LogP contribution is -2.48. The largest absolute Gasteiger partial charge is 0.356 e. The number of anilines is 1. The Balaban J connectivity index is 1.48. The fraction of sp³-hybridized carbons (Fsp3) is 0.474. The number of piperidine rings is 1. The summed E-state index contributed by atoms with van der Waals surface area (Å²) in [5.41, 5.74) is 1.24. The monoisotopic (exact) mass is 324 g/mol. The Kier molecular flexibility index (Phi) is 4.00. The predicted octanol–water partition coefficient (Wildman–Crippen LogP) is 2.70. The zero-order valence-corrected chi connectivity index (χ0v) is 14.1. The molecule has 2 aromatic rings.